The first kappa shape index (κ1) is 14.3. The number of carbonyl (C=O) groups excluding carboxylic acids is 1. The van der Waals surface area contributed by atoms with Crippen LogP contribution in [0.25, 0.3) is 0 Å². The van der Waals surface area contributed by atoms with Gasteiger partial charge < -0.3 is 16.6 Å². The number of nitrogens with two attached hydrogens (primary N) is 2. The molecule has 1 aliphatic carbocycles. The van der Waals surface area contributed by atoms with Gasteiger partial charge in [0.2, 0.25) is 15.9 Å². The molecule has 8 heteroatoms. The summed E-state index contributed by atoms with van der Waals surface area (Å²) in [6.07, 6.45) is 1.89. The molecule has 114 valence electrons. The standard InChI is InChI=1S/C13H17N3O4S/c14-10-5-8(12(15)17)1-4-11(10)21(19,20)16-6-13(18,7-16)9-2-3-9/h1,4-5,9,18H,2-3,6-7,14H2,(H2,15,17). The average molecular weight is 311 g/mol. The van der Waals surface area contributed by atoms with E-state index in [0.717, 1.165) is 12.8 Å². The Morgan fingerprint density at radius 2 is 1.95 bits per heavy atom. The van der Waals surface area contributed by atoms with Crippen LogP contribution in [0.15, 0.2) is 23.1 Å². The van der Waals surface area contributed by atoms with E-state index in [2.05, 4.69) is 0 Å². The van der Waals surface area contributed by atoms with Gasteiger partial charge in [-0.15, -0.1) is 0 Å². The molecule has 21 heavy (non-hydrogen) atoms. The molecule has 1 saturated carbocycles. The zero-order valence-electron chi connectivity index (χ0n) is 11.3. The van der Waals surface area contributed by atoms with E-state index in [-0.39, 0.29) is 35.2 Å². The van der Waals surface area contributed by atoms with Gasteiger partial charge >= 0.3 is 0 Å². The van der Waals surface area contributed by atoms with Crippen molar-refractivity contribution in [2.24, 2.45) is 11.7 Å². The largest absolute Gasteiger partial charge is 0.398 e. The van der Waals surface area contributed by atoms with Crippen LogP contribution in [-0.2, 0) is 10.0 Å². The third-order valence-corrected chi connectivity index (χ3v) is 6.02. The molecular weight excluding hydrogens is 294 g/mol. The van der Waals surface area contributed by atoms with Gasteiger partial charge in [-0.1, -0.05) is 0 Å². The van der Waals surface area contributed by atoms with Gasteiger partial charge in [-0.3, -0.25) is 4.79 Å². The van der Waals surface area contributed by atoms with Gasteiger partial charge in [0.1, 0.15) is 4.90 Å². The maximum atomic E-state index is 12.5. The maximum Gasteiger partial charge on any atom is 0.248 e. The first-order valence-corrected chi connectivity index (χ1v) is 8.10. The highest BCUT2D eigenvalue weighted by Crippen LogP contribution is 2.46. The summed E-state index contributed by atoms with van der Waals surface area (Å²) in [4.78, 5) is 11.0. The van der Waals surface area contributed by atoms with Crippen molar-refractivity contribution in [1.82, 2.24) is 4.31 Å². The number of aliphatic hydroxyl groups is 1. The lowest BCUT2D eigenvalue weighted by molar-refractivity contribution is -0.0764. The fourth-order valence-electron chi connectivity index (χ4n) is 2.69. The molecule has 7 nitrogen and oxygen atoms in total. The van der Waals surface area contributed by atoms with Crippen LogP contribution in [0.4, 0.5) is 5.69 Å². The second-order valence-corrected chi connectivity index (χ2v) is 7.67. The second kappa shape index (κ2) is 4.43. The van der Waals surface area contributed by atoms with Crippen molar-refractivity contribution >= 4 is 21.6 Å². The maximum absolute atomic E-state index is 12.5. The number of rotatable bonds is 4. The van der Waals surface area contributed by atoms with Crippen molar-refractivity contribution < 1.29 is 18.3 Å². The van der Waals surface area contributed by atoms with Gasteiger partial charge in [-0.25, -0.2) is 8.42 Å². The highest BCUT2D eigenvalue weighted by atomic mass is 32.2. The number of carbonyl (C=O) groups is 1. The molecule has 0 spiro atoms. The second-order valence-electron chi connectivity index (χ2n) is 5.77. The first-order valence-electron chi connectivity index (χ1n) is 6.66. The summed E-state index contributed by atoms with van der Waals surface area (Å²) in [7, 11) is -3.76. The highest BCUT2D eigenvalue weighted by molar-refractivity contribution is 7.89. The predicted molar refractivity (Wildman–Crippen MR) is 75.8 cm³/mol. The van der Waals surface area contributed by atoms with Crippen LogP contribution >= 0.6 is 0 Å². The Labute approximate surface area is 122 Å². The van der Waals surface area contributed by atoms with Crippen LogP contribution in [-0.4, -0.2) is 42.4 Å². The highest BCUT2D eigenvalue weighted by Gasteiger charge is 2.55. The van der Waals surface area contributed by atoms with Crippen LogP contribution in [0.3, 0.4) is 0 Å². The summed E-state index contributed by atoms with van der Waals surface area (Å²) in [5.41, 5.74) is 10.1. The smallest absolute Gasteiger partial charge is 0.248 e. The topological polar surface area (TPSA) is 127 Å². The number of primary amides is 1. The number of anilines is 1. The molecule has 3 rings (SSSR count). The molecule has 5 N–H and O–H groups in total. The minimum atomic E-state index is -3.76. The van der Waals surface area contributed by atoms with E-state index in [1.165, 1.54) is 22.5 Å². The third-order valence-electron chi connectivity index (χ3n) is 4.15. The Bertz CT molecular complexity index is 706. The summed E-state index contributed by atoms with van der Waals surface area (Å²) in [5, 5.41) is 10.2. The Morgan fingerprint density at radius 1 is 1.33 bits per heavy atom. The molecule has 0 radical (unpaired) electrons. The van der Waals surface area contributed by atoms with Crippen LogP contribution in [0.2, 0.25) is 0 Å². The summed E-state index contributed by atoms with van der Waals surface area (Å²) < 4.78 is 26.1. The Balaban J connectivity index is 1.84. The summed E-state index contributed by atoms with van der Waals surface area (Å²) in [6, 6.07) is 3.86. The number of benzene rings is 1. The van der Waals surface area contributed by atoms with Crippen molar-refractivity contribution in [2.75, 3.05) is 18.8 Å². The van der Waals surface area contributed by atoms with Gasteiger partial charge in [-0.05, 0) is 37.0 Å². The lowest BCUT2D eigenvalue weighted by Crippen LogP contribution is -2.64. The van der Waals surface area contributed by atoms with E-state index in [1.54, 1.807) is 0 Å². The van der Waals surface area contributed by atoms with Gasteiger partial charge in [0.25, 0.3) is 0 Å². The Morgan fingerprint density at radius 3 is 2.43 bits per heavy atom. The average Bonchev–Trinajstić information content (AvgIpc) is 3.18. The number of hydrogen-bond donors (Lipinski definition) is 3. The summed E-state index contributed by atoms with van der Waals surface area (Å²) >= 11 is 0. The Kier molecular flexibility index (Phi) is 3.01. The van der Waals surface area contributed by atoms with Gasteiger partial charge in [-0.2, -0.15) is 4.31 Å². The number of amides is 1. The van der Waals surface area contributed by atoms with E-state index < -0.39 is 21.5 Å². The summed E-state index contributed by atoms with van der Waals surface area (Å²) in [5.74, 6) is -0.462. The molecule has 1 aliphatic heterocycles. The van der Waals surface area contributed by atoms with Crippen molar-refractivity contribution in [1.29, 1.82) is 0 Å². The van der Waals surface area contributed by atoms with E-state index in [4.69, 9.17) is 11.5 Å². The molecule has 1 heterocycles. The van der Waals surface area contributed by atoms with E-state index in [1.807, 2.05) is 0 Å². The van der Waals surface area contributed by atoms with Crippen LogP contribution in [0, 0.1) is 5.92 Å². The molecule has 0 bridgehead atoms. The van der Waals surface area contributed by atoms with Gasteiger partial charge in [0.15, 0.2) is 0 Å². The van der Waals surface area contributed by atoms with E-state index in [0.29, 0.717) is 0 Å². The van der Waals surface area contributed by atoms with Crippen molar-refractivity contribution in [3.8, 4) is 0 Å². The number of sulfonamides is 1. The number of hydrogen-bond acceptors (Lipinski definition) is 5. The van der Waals surface area contributed by atoms with Crippen molar-refractivity contribution in [2.45, 2.75) is 23.3 Å². The number of nitrogens with zero attached hydrogens (tertiary/aromatic N) is 1. The molecular formula is C13H17N3O4S. The fourth-order valence-corrected chi connectivity index (χ4v) is 4.35. The molecule has 1 aromatic carbocycles. The van der Waals surface area contributed by atoms with E-state index in [9.17, 15) is 18.3 Å². The normalized spacial score (nSPS) is 21.8. The minimum Gasteiger partial charge on any atom is -0.398 e. The minimum absolute atomic E-state index is 0.0202. The third kappa shape index (κ3) is 2.29. The Hall–Kier alpha value is -1.64. The summed E-state index contributed by atoms with van der Waals surface area (Å²) in [6.45, 7) is 0.189. The van der Waals surface area contributed by atoms with Crippen LogP contribution < -0.4 is 11.5 Å². The molecule has 0 unspecified atom stereocenters. The monoisotopic (exact) mass is 311 g/mol. The molecule has 1 saturated heterocycles. The van der Waals surface area contributed by atoms with E-state index >= 15 is 0 Å². The van der Waals surface area contributed by atoms with Crippen LogP contribution in [0.5, 0.6) is 0 Å². The van der Waals surface area contributed by atoms with Crippen molar-refractivity contribution in [3.05, 3.63) is 23.8 Å². The van der Waals surface area contributed by atoms with Crippen LogP contribution in [0.1, 0.15) is 23.2 Å². The first-order chi connectivity index (χ1) is 9.74. The molecule has 0 atom stereocenters. The zero-order chi connectivity index (χ0) is 15.4. The number of β-amino-alcohol motifs (C(OH)–C–C–N with tert-alkyl or cyclic N) is 1. The number of nitrogen functional groups attached to an aromatic ring is 1. The predicted octanol–water partition coefficient (Wildman–Crippen LogP) is -0.487. The van der Waals surface area contributed by atoms with Crippen molar-refractivity contribution in [3.63, 3.8) is 0 Å². The lowest BCUT2D eigenvalue weighted by Gasteiger charge is -2.45. The van der Waals surface area contributed by atoms with Gasteiger partial charge in [0, 0.05) is 18.7 Å². The van der Waals surface area contributed by atoms with Gasteiger partial charge in [0.05, 0.1) is 11.3 Å². The fraction of sp³-hybridized carbons (Fsp3) is 0.462. The molecule has 1 aromatic rings. The quantitative estimate of drug-likeness (QED) is 0.647. The zero-order valence-corrected chi connectivity index (χ0v) is 12.1. The molecule has 2 fully saturated rings. The lowest BCUT2D eigenvalue weighted by atomic mass is 9.91. The SMILES string of the molecule is NC(=O)c1ccc(S(=O)(=O)N2CC(O)(C3CC3)C2)c(N)c1. The molecule has 1 amide bonds. The molecule has 2 aliphatic rings. The molecule has 0 aromatic heterocycles.